The number of pyridine rings is 1. The number of anilines is 1. The highest BCUT2D eigenvalue weighted by Gasteiger charge is 2.25. The van der Waals surface area contributed by atoms with Crippen LogP contribution in [-0.4, -0.2) is 29.8 Å². The number of ether oxygens (including phenoxy) is 1. The van der Waals surface area contributed by atoms with E-state index in [1.54, 1.807) is 4.90 Å². The second-order valence-corrected chi connectivity index (χ2v) is 7.58. The number of nitrogens with zero attached hydrogens (tertiary/aromatic N) is 2. The van der Waals surface area contributed by atoms with Crippen molar-refractivity contribution in [3.8, 4) is 0 Å². The molecule has 0 spiro atoms. The van der Waals surface area contributed by atoms with Crippen molar-refractivity contribution in [1.82, 2.24) is 10.3 Å². The molecule has 0 unspecified atom stereocenters. The van der Waals surface area contributed by atoms with Crippen LogP contribution < -0.4 is 10.2 Å². The smallest absolute Gasteiger partial charge is 0.416 e. The van der Waals surface area contributed by atoms with Gasteiger partial charge in [-0.25, -0.2) is 9.78 Å². The van der Waals surface area contributed by atoms with E-state index in [2.05, 4.69) is 30.2 Å². The van der Waals surface area contributed by atoms with Crippen LogP contribution in [0.5, 0.6) is 0 Å². The van der Waals surface area contributed by atoms with Crippen LogP contribution in [0.3, 0.4) is 0 Å². The van der Waals surface area contributed by atoms with Crippen molar-refractivity contribution in [2.24, 2.45) is 5.92 Å². The highest BCUT2D eigenvalue weighted by Crippen LogP contribution is 2.24. The fourth-order valence-corrected chi connectivity index (χ4v) is 2.68. The molecule has 1 N–H and O–H groups in total. The van der Waals surface area contributed by atoms with Gasteiger partial charge in [-0.1, -0.05) is 19.9 Å². The lowest BCUT2D eigenvalue weighted by atomic mass is 10.1. The number of aromatic nitrogens is 1. The molecule has 0 saturated carbocycles. The van der Waals surface area contributed by atoms with Crippen LogP contribution in [0, 0.1) is 5.92 Å². The van der Waals surface area contributed by atoms with Gasteiger partial charge in [0.25, 0.3) is 0 Å². The maximum absolute atomic E-state index is 12.5. The number of hydrogen-bond donors (Lipinski definition) is 1. The van der Waals surface area contributed by atoms with Gasteiger partial charge in [0.05, 0.1) is 0 Å². The standard InChI is InChI=1S/C18H29N3O2/c1-13(2)12-21(17(22)23-18(3,4)5)16-9-8-14(11-20-16)15-7-6-10-19-15/h8-9,11,13,15,19H,6-7,10,12H2,1-5H3/t15-/m0/s1. The Balaban J connectivity index is 2.16. The number of nitrogens with one attached hydrogen (secondary N) is 1. The van der Waals surface area contributed by atoms with E-state index in [1.807, 2.05) is 33.0 Å². The van der Waals surface area contributed by atoms with Crippen molar-refractivity contribution in [2.45, 2.75) is 59.1 Å². The molecule has 5 nitrogen and oxygen atoms in total. The molecule has 1 aliphatic rings. The van der Waals surface area contributed by atoms with Crippen LogP contribution in [0.4, 0.5) is 10.6 Å². The third-order valence-corrected chi connectivity index (χ3v) is 3.67. The Kier molecular flexibility index (Phi) is 5.63. The summed E-state index contributed by atoms with van der Waals surface area (Å²) < 4.78 is 5.52. The summed E-state index contributed by atoms with van der Waals surface area (Å²) in [7, 11) is 0. The molecule has 0 bridgehead atoms. The Morgan fingerprint density at radius 2 is 2.17 bits per heavy atom. The number of rotatable bonds is 4. The minimum atomic E-state index is -0.514. The Labute approximate surface area is 139 Å². The molecule has 1 aromatic rings. The molecule has 1 amide bonds. The van der Waals surface area contributed by atoms with E-state index in [0.29, 0.717) is 24.3 Å². The third kappa shape index (κ3) is 5.20. The lowest BCUT2D eigenvalue weighted by molar-refractivity contribution is 0.0575. The van der Waals surface area contributed by atoms with Crippen LogP contribution in [0.1, 0.15) is 59.1 Å². The predicted octanol–water partition coefficient (Wildman–Crippen LogP) is 3.90. The van der Waals surface area contributed by atoms with E-state index in [-0.39, 0.29) is 6.09 Å². The SMILES string of the molecule is CC(C)CN(C(=O)OC(C)(C)C)c1ccc([C@@H]2CCCN2)cn1. The minimum absolute atomic E-state index is 0.334. The normalized spacial score (nSPS) is 18.3. The molecule has 23 heavy (non-hydrogen) atoms. The van der Waals surface area contributed by atoms with Gasteiger partial charge in [-0.15, -0.1) is 0 Å². The molecular weight excluding hydrogens is 290 g/mol. The van der Waals surface area contributed by atoms with Crippen LogP contribution >= 0.6 is 0 Å². The molecule has 5 heteroatoms. The summed E-state index contributed by atoms with van der Waals surface area (Å²) in [6.45, 7) is 11.4. The first-order chi connectivity index (χ1) is 10.8. The Bertz CT molecular complexity index is 514. The van der Waals surface area contributed by atoms with Gasteiger partial charge in [-0.2, -0.15) is 0 Å². The average molecular weight is 319 g/mol. The van der Waals surface area contributed by atoms with E-state index < -0.39 is 5.60 Å². The van der Waals surface area contributed by atoms with Crippen molar-refractivity contribution in [3.63, 3.8) is 0 Å². The van der Waals surface area contributed by atoms with Crippen molar-refractivity contribution >= 4 is 11.9 Å². The molecule has 0 aromatic carbocycles. The maximum atomic E-state index is 12.5. The highest BCUT2D eigenvalue weighted by atomic mass is 16.6. The zero-order valence-corrected chi connectivity index (χ0v) is 14.9. The lowest BCUT2D eigenvalue weighted by Crippen LogP contribution is -2.39. The number of carbonyl (C=O) groups excluding carboxylic acids is 1. The summed E-state index contributed by atoms with van der Waals surface area (Å²) in [4.78, 5) is 18.6. The van der Waals surface area contributed by atoms with Gasteiger partial charge in [0.1, 0.15) is 11.4 Å². The topological polar surface area (TPSA) is 54.5 Å². The summed E-state index contributed by atoms with van der Waals surface area (Å²) in [6, 6.07) is 4.36. The third-order valence-electron chi connectivity index (χ3n) is 3.67. The number of hydrogen-bond acceptors (Lipinski definition) is 4. The first-order valence-corrected chi connectivity index (χ1v) is 8.46. The first-order valence-electron chi connectivity index (χ1n) is 8.46. The van der Waals surface area contributed by atoms with Gasteiger partial charge in [-0.05, 0) is 57.7 Å². The van der Waals surface area contributed by atoms with Gasteiger partial charge in [0.2, 0.25) is 0 Å². The highest BCUT2D eigenvalue weighted by molar-refractivity contribution is 5.86. The zero-order valence-electron chi connectivity index (χ0n) is 14.9. The molecule has 1 fully saturated rings. The van der Waals surface area contributed by atoms with E-state index in [9.17, 15) is 4.79 Å². The van der Waals surface area contributed by atoms with E-state index in [4.69, 9.17) is 4.74 Å². The summed E-state index contributed by atoms with van der Waals surface area (Å²) in [5, 5.41) is 3.46. The number of amides is 1. The summed E-state index contributed by atoms with van der Waals surface area (Å²) in [6.07, 6.45) is 3.87. The Hall–Kier alpha value is -1.62. The van der Waals surface area contributed by atoms with Gasteiger partial charge >= 0.3 is 6.09 Å². The second kappa shape index (κ2) is 7.30. The molecule has 0 radical (unpaired) electrons. The average Bonchev–Trinajstić information content (AvgIpc) is 2.97. The molecule has 1 aliphatic heterocycles. The van der Waals surface area contributed by atoms with Crippen molar-refractivity contribution in [1.29, 1.82) is 0 Å². The van der Waals surface area contributed by atoms with E-state index in [1.165, 1.54) is 12.0 Å². The van der Waals surface area contributed by atoms with E-state index in [0.717, 1.165) is 13.0 Å². The van der Waals surface area contributed by atoms with Crippen LogP contribution in [0.25, 0.3) is 0 Å². The quantitative estimate of drug-likeness (QED) is 0.914. The lowest BCUT2D eigenvalue weighted by Gasteiger charge is -2.28. The summed E-state index contributed by atoms with van der Waals surface area (Å²) in [5.74, 6) is 0.982. The molecule has 0 aliphatic carbocycles. The maximum Gasteiger partial charge on any atom is 0.416 e. The van der Waals surface area contributed by atoms with Crippen LogP contribution in [-0.2, 0) is 4.74 Å². The van der Waals surface area contributed by atoms with Crippen molar-refractivity contribution in [3.05, 3.63) is 23.9 Å². The zero-order chi connectivity index (χ0) is 17.0. The van der Waals surface area contributed by atoms with Crippen molar-refractivity contribution < 1.29 is 9.53 Å². The predicted molar refractivity (Wildman–Crippen MR) is 92.6 cm³/mol. The van der Waals surface area contributed by atoms with Crippen molar-refractivity contribution in [2.75, 3.05) is 18.0 Å². The summed E-state index contributed by atoms with van der Waals surface area (Å²) >= 11 is 0. The van der Waals surface area contributed by atoms with Crippen LogP contribution in [0.2, 0.25) is 0 Å². The fraction of sp³-hybridized carbons (Fsp3) is 0.667. The fourth-order valence-electron chi connectivity index (χ4n) is 2.68. The Morgan fingerprint density at radius 3 is 2.65 bits per heavy atom. The monoisotopic (exact) mass is 319 g/mol. The largest absolute Gasteiger partial charge is 0.443 e. The second-order valence-electron chi connectivity index (χ2n) is 7.58. The van der Waals surface area contributed by atoms with Crippen LogP contribution in [0.15, 0.2) is 18.3 Å². The molecular formula is C18H29N3O2. The van der Waals surface area contributed by atoms with Gasteiger partial charge in [0, 0.05) is 18.8 Å². The van der Waals surface area contributed by atoms with Gasteiger partial charge in [0.15, 0.2) is 0 Å². The molecule has 1 saturated heterocycles. The molecule has 2 rings (SSSR count). The molecule has 128 valence electrons. The molecule has 1 atom stereocenters. The Morgan fingerprint density at radius 1 is 1.43 bits per heavy atom. The minimum Gasteiger partial charge on any atom is -0.443 e. The number of carbonyl (C=O) groups is 1. The van der Waals surface area contributed by atoms with Gasteiger partial charge < -0.3 is 10.1 Å². The van der Waals surface area contributed by atoms with Gasteiger partial charge in [-0.3, -0.25) is 4.90 Å². The molecule has 2 heterocycles. The summed E-state index contributed by atoms with van der Waals surface area (Å²) in [5.41, 5.74) is 0.667. The first kappa shape index (κ1) is 17.7. The molecule has 1 aromatic heterocycles. The van der Waals surface area contributed by atoms with E-state index >= 15 is 0 Å².